The molecule has 2 rings (SSSR count). The largest absolute Gasteiger partial charge is 0.339 e. The van der Waals surface area contributed by atoms with E-state index < -0.39 is 0 Å². The lowest BCUT2D eigenvalue weighted by Gasteiger charge is -2.38. The van der Waals surface area contributed by atoms with Crippen molar-refractivity contribution in [3.05, 3.63) is 0 Å². The zero-order valence-corrected chi connectivity index (χ0v) is 15.9. The minimum atomic E-state index is 0. The van der Waals surface area contributed by atoms with Gasteiger partial charge in [-0.25, -0.2) is 0 Å². The molecule has 0 aromatic rings. The normalized spacial score (nSPS) is 20.3. The quantitative estimate of drug-likeness (QED) is 0.770. The van der Waals surface area contributed by atoms with Crippen LogP contribution in [-0.4, -0.2) is 60.5 Å². The zero-order valence-electron chi connectivity index (χ0n) is 15.1. The van der Waals surface area contributed by atoms with E-state index in [2.05, 4.69) is 29.0 Å². The highest BCUT2D eigenvalue weighted by atomic mass is 35.5. The highest BCUT2D eigenvalue weighted by Gasteiger charge is 2.28. The molecule has 136 valence electrons. The fraction of sp³-hybridized carbons (Fsp3) is 0.944. The summed E-state index contributed by atoms with van der Waals surface area (Å²) >= 11 is 0. The highest BCUT2D eigenvalue weighted by molar-refractivity contribution is 5.85. The molecular weight excluding hydrogens is 310 g/mol. The SMILES string of the molecule is CCCN(CC(=O)N(CC)C1CCCCC1)C1CCNCC1.Cl. The van der Waals surface area contributed by atoms with Crippen LogP contribution in [0.2, 0.25) is 0 Å². The van der Waals surface area contributed by atoms with Crippen molar-refractivity contribution in [2.24, 2.45) is 0 Å². The predicted octanol–water partition coefficient (Wildman–Crippen LogP) is 3.05. The Morgan fingerprint density at radius 3 is 2.22 bits per heavy atom. The Balaban J connectivity index is 0.00000264. The van der Waals surface area contributed by atoms with Crippen LogP contribution in [0.4, 0.5) is 0 Å². The van der Waals surface area contributed by atoms with Gasteiger partial charge in [-0.15, -0.1) is 12.4 Å². The van der Waals surface area contributed by atoms with Gasteiger partial charge in [-0.1, -0.05) is 26.2 Å². The second kappa shape index (κ2) is 11.3. The number of hydrogen-bond acceptors (Lipinski definition) is 3. The first kappa shape index (κ1) is 20.7. The molecule has 0 aromatic carbocycles. The summed E-state index contributed by atoms with van der Waals surface area (Å²) in [7, 11) is 0. The van der Waals surface area contributed by atoms with E-state index in [1.807, 2.05) is 0 Å². The molecule has 2 aliphatic rings. The predicted molar refractivity (Wildman–Crippen MR) is 99.3 cm³/mol. The second-order valence-electron chi connectivity index (χ2n) is 6.92. The Morgan fingerprint density at radius 1 is 1.00 bits per heavy atom. The Morgan fingerprint density at radius 2 is 1.65 bits per heavy atom. The number of carbonyl (C=O) groups is 1. The summed E-state index contributed by atoms with van der Waals surface area (Å²) in [5.74, 6) is 0.362. The van der Waals surface area contributed by atoms with E-state index in [4.69, 9.17) is 0 Å². The van der Waals surface area contributed by atoms with Crippen LogP contribution >= 0.6 is 12.4 Å². The monoisotopic (exact) mass is 345 g/mol. The summed E-state index contributed by atoms with van der Waals surface area (Å²) in [6.07, 6.45) is 9.85. The number of nitrogens with one attached hydrogen (secondary N) is 1. The summed E-state index contributed by atoms with van der Waals surface area (Å²) in [6, 6.07) is 1.10. The molecule has 1 aliphatic heterocycles. The molecule has 0 bridgehead atoms. The number of piperidine rings is 1. The molecule has 2 fully saturated rings. The highest BCUT2D eigenvalue weighted by Crippen LogP contribution is 2.23. The molecule has 1 N–H and O–H groups in total. The van der Waals surface area contributed by atoms with Gasteiger partial charge in [0, 0.05) is 18.6 Å². The Kier molecular flexibility index (Phi) is 10.2. The van der Waals surface area contributed by atoms with Crippen LogP contribution in [0.3, 0.4) is 0 Å². The van der Waals surface area contributed by atoms with Crippen molar-refractivity contribution in [3.63, 3.8) is 0 Å². The maximum atomic E-state index is 12.9. The van der Waals surface area contributed by atoms with Crippen LogP contribution in [0.15, 0.2) is 0 Å². The van der Waals surface area contributed by atoms with Crippen LogP contribution in [0.1, 0.15) is 65.2 Å². The van der Waals surface area contributed by atoms with Gasteiger partial charge in [0.05, 0.1) is 6.54 Å². The van der Waals surface area contributed by atoms with E-state index in [-0.39, 0.29) is 12.4 Å². The first-order valence-corrected chi connectivity index (χ1v) is 9.50. The number of nitrogens with zero attached hydrogens (tertiary/aromatic N) is 2. The summed E-state index contributed by atoms with van der Waals surface area (Å²) in [5.41, 5.74) is 0. The molecule has 0 spiro atoms. The number of amides is 1. The maximum absolute atomic E-state index is 12.9. The van der Waals surface area contributed by atoms with E-state index in [0.717, 1.165) is 32.6 Å². The Hall–Kier alpha value is -0.320. The molecule has 1 saturated carbocycles. The van der Waals surface area contributed by atoms with Crippen molar-refractivity contribution >= 4 is 18.3 Å². The standard InChI is InChI=1S/C18H35N3O.ClH/c1-3-14-20(16-10-12-19-13-11-16)15-18(22)21(4-2)17-8-6-5-7-9-17;/h16-17,19H,3-15H2,1-2H3;1H. The molecule has 1 heterocycles. The molecule has 1 saturated heterocycles. The summed E-state index contributed by atoms with van der Waals surface area (Å²) in [6.45, 7) is 9.11. The average molecular weight is 346 g/mol. The molecule has 0 atom stereocenters. The van der Waals surface area contributed by atoms with Crippen LogP contribution in [-0.2, 0) is 4.79 Å². The zero-order chi connectivity index (χ0) is 15.8. The molecule has 5 heteroatoms. The van der Waals surface area contributed by atoms with Crippen LogP contribution in [0, 0.1) is 0 Å². The number of halogens is 1. The molecule has 23 heavy (non-hydrogen) atoms. The summed E-state index contributed by atoms with van der Waals surface area (Å²) in [5, 5.41) is 3.43. The van der Waals surface area contributed by atoms with Crippen LogP contribution < -0.4 is 5.32 Å². The second-order valence-corrected chi connectivity index (χ2v) is 6.92. The number of rotatable bonds is 7. The number of likely N-dealkylation sites (N-methyl/N-ethyl adjacent to an activating group) is 1. The fourth-order valence-electron chi connectivity index (χ4n) is 4.15. The van der Waals surface area contributed by atoms with Gasteiger partial charge >= 0.3 is 0 Å². The lowest BCUT2D eigenvalue weighted by atomic mass is 9.94. The minimum absolute atomic E-state index is 0. The molecule has 0 aromatic heterocycles. The molecular formula is C18H36ClN3O. The van der Waals surface area contributed by atoms with Crippen molar-refractivity contribution in [2.45, 2.75) is 77.3 Å². The molecule has 0 radical (unpaired) electrons. The van der Waals surface area contributed by atoms with Crippen LogP contribution in [0.5, 0.6) is 0 Å². The third kappa shape index (κ3) is 6.24. The van der Waals surface area contributed by atoms with E-state index >= 15 is 0 Å². The van der Waals surface area contributed by atoms with Crippen molar-refractivity contribution in [1.29, 1.82) is 0 Å². The van der Waals surface area contributed by atoms with Crippen molar-refractivity contribution in [3.8, 4) is 0 Å². The van der Waals surface area contributed by atoms with Crippen molar-refractivity contribution in [2.75, 3.05) is 32.7 Å². The molecule has 4 nitrogen and oxygen atoms in total. The minimum Gasteiger partial charge on any atom is -0.339 e. The van der Waals surface area contributed by atoms with Gasteiger partial charge < -0.3 is 10.2 Å². The third-order valence-electron chi connectivity index (χ3n) is 5.35. The van der Waals surface area contributed by atoms with Crippen molar-refractivity contribution in [1.82, 2.24) is 15.1 Å². The van der Waals surface area contributed by atoms with Gasteiger partial charge in [0.25, 0.3) is 0 Å². The van der Waals surface area contributed by atoms with Gasteiger partial charge in [-0.2, -0.15) is 0 Å². The maximum Gasteiger partial charge on any atom is 0.236 e. The van der Waals surface area contributed by atoms with Gasteiger partial charge in [0.1, 0.15) is 0 Å². The molecule has 1 aliphatic carbocycles. The third-order valence-corrected chi connectivity index (χ3v) is 5.35. The van der Waals surface area contributed by atoms with Gasteiger partial charge in [0.15, 0.2) is 0 Å². The first-order valence-electron chi connectivity index (χ1n) is 9.50. The molecule has 1 amide bonds. The van der Waals surface area contributed by atoms with Gasteiger partial charge in [-0.3, -0.25) is 9.69 Å². The van der Waals surface area contributed by atoms with E-state index in [9.17, 15) is 4.79 Å². The fourth-order valence-corrected chi connectivity index (χ4v) is 4.15. The summed E-state index contributed by atoms with van der Waals surface area (Å²) < 4.78 is 0. The smallest absolute Gasteiger partial charge is 0.236 e. The lowest BCUT2D eigenvalue weighted by Crippen LogP contribution is -2.50. The topological polar surface area (TPSA) is 35.6 Å². The van der Waals surface area contributed by atoms with Gasteiger partial charge in [0.2, 0.25) is 5.91 Å². The molecule has 0 unspecified atom stereocenters. The van der Waals surface area contributed by atoms with Crippen molar-refractivity contribution < 1.29 is 4.79 Å². The van der Waals surface area contributed by atoms with E-state index in [1.54, 1.807) is 0 Å². The van der Waals surface area contributed by atoms with Crippen LogP contribution in [0.25, 0.3) is 0 Å². The van der Waals surface area contributed by atoms with E-state index in [0.29, 0.717) is 24.5 Å². The first-order chi connectivity index (χ1) is 10.8. The summed E-state index contributed by atoms with van der Waals surface area (Å²) in [4.78, 5) is 17.5. The lowest BCUT2D eigenvalue weighted by molar-refractivity contribution is -0.136. The number of carbonyl (C=O) groups excluding carboxylic acids is 1. The average Bonchev–Trinajstić information content (AvgIpc) is 2.57. The van der Waals surface area contributed by atoms with Gasteiger partial charge in [-0.05, 0) is 58.7 Å². The number of hydrogen-bond donors (Lipinski definition) is 1. The Labute approximate surface area is 148 Å². The van der Waals surface area contributed by atoms with E-state index in [1.165, 1.54) is 44.9 Å². The Bertz CT molecular complexity index is 328.